The molecule has 1 aliphatic heterocycles. The molecule has 11 nitrogen and oxygen atoms in total. The second-order valence-corrected chi connectivity index (χ2v) is 15.8. The summed E-state index contributed by atoms with van der Waals surface area (Å²) in [5.74, 6) is -0.960. The maximum Gasteiger partial charge on any atom is 0.186 e. The normalized spacial score (nSPS) is 48.1. The zero-order valence-electron chi connectivity index (χ0n) is 26.7. The molecule has 5 rings (SSSR count). The molecule has 1 saturated heterocycles. The third-order valence-electron chi connectivity index (χ3n) is 12.6. The predicted molar refractivity (Wildman–Crippen MR) is 158 cm³/mol. The average Bonchev–Trinajstić information content (AvgIpc) is 3.24. The summed E-state index contributed by atoms with van der Waals surface area (Å²) in [6.45, 7) is 8.49. The minimum absolute atomic E-state index is 0.0553. The minimum Gasteiger partial charge on any atom is -0.394 e. The molecule has 4 fully saturated rings. The first-order valence-electron chi connectivity index (χ1n) is 16.4. The van der Waals surface area contributed by atoms with Gasteiger partial charge in [-0.2, -0.15) is 0 Å². The smallest absolute Gasteiger partial charge is 0.186 e. The number of aliphatic hydroxyl groups is 8. The van der Waals surface area contributed by atoms with Gasteiger partial charge in [-0.25, -0.2) is 0 Å². The molecule has 14 unspecified atom stereocenters. The number of carbonyl (C=O) groups is 1. The molecular weight excluding hydrogens is 572 g/mol. The molecule has 0 radical (unpaired) electrons. The summed E-state index contributed by atoms with van der Waals surface area (Å²) in [5.41, 5.74) is -4.26. The molecule has 14 atom stereocenters. The molecule has 44 heavy (non-hydrogen) atoms. The van der Waals surface area contributed by atoms with Crippen LogP contribution < -0.4 is 0 Å². The van der Waals surface area contributed by atoms with Crippen LogP contribution in [0.3, 0.4) is 0 Å². The van der Waals surface area contributed by atoms with Crippen LogP contribution in [0.25, 0.3) is 0 Å². The van der Waals surface area contributed by atoms with E-state index in [1.165, 1.54) is 0 Å². The van der Waals surface area contributed by atoms with E-state index in [-0.39, 0.29) is 18.1 Å². The van der Waals surface area contributed by atoms with E-state index in [0.717, 1.165) is 12.0 Å². The van der Waals surface area contributed by atoms with Gasteiger partial charge in [0.1, 0.15) is 24.4 Å². The van der Waals surface area contributed by atoms with E-state index in [1.54, 1.807) is 26.8 Å². The molecule has 252 valence electrons. The Hall–Kier alpha value is -0.990. The van der Waals surface area contributed by atoms with Gasteiger partial charge in [-0.15, -0.1) is 0 Å². The van der Waals surface area contributed by atoms with Gasteiger partial charge >= 0.3 is 0 Å². The summed E-state index contributed by atoms with van der Waals surface area (Å²) in [6, 6.07) is 0. The summed E-state index contributed by atoms with van der Waals surface area (Å²) >= 11 is 0. The average molecular weight is 627 g/mol. The first-order chi connectivity index (χ1) is 20.3. The highest BCUT2D eigenvalue weighted by Crippen LogP contribution is 2.68. The van der Waals surface area contributed by atoms with Gasteiger partial charge in [0, 0.05) is 11.3 Å². The minimum atomic E-state index is -1.54. The SMILES string of the molecule is CC(C)(O)CCC(O)C(C)(O)C1CCC2(O)C3=CC(=O)C4CC(OC5OC(CO)C(O)C(O)C5O)CCC4(C)C3CCC12C. The summed E-state index contributed by atoms with van der Waals surface area (Å²) in [6.07, 6.45) is -2.51. The van der Waals surface area contributed by atoms with Crippen LogP contribution in [-0.2, 0) is 14.3 Å². The monoisotopic (exact) mass is 626 g/mol. The Morgan fingerprint density at radius 2 is 1.68 bits per heavy atom. The molecule has 3 saturated carbocycles. The van der Waals surface area contributed by atoms with Crippen LogP contribution in [0.15, 0.2) is 11.6 Å². The number of ether oxygens (including phenoxy) is 2. The highest BCUT2D eigenvalue weighted by Gasteiger charge is 2.69. The number of aliphatic hydroxyl groups excluding tert-OH is 5. The molecule has 0 aromatic carbocycles. The van der Waals surface area contributed by atoms with E-state index in [2.05, 4.69) is 6.92 Å². The Morgan fingerprint density at radius 1 is 1.00 bits per heavy atom. The van der Waals surface area contributed by atoms with Gasteiger partial charge in [-0.05, 0) is 107 Å². The van der Waals surface area contributed by atoms with E-state index in [1.807, 2.05) is 6.92 Å². The van der Waals surface area contributed by atoms with Gasteiger partial charge in [-0.1, -0.05) is 13.8 Å². The fraction of sp³-hybridized carbons (Fsp3) is 0.909. The Kier molecular flexibility index (Phi) is 9.06. The van der Waals surface area contributed by atoms with Crippen molar-refractivity contribution in [2.24, 2.45) is 28.6 Å². The fourth-order valence-corrected chi connectivity index (χ4v) is 9.75. The van der Waals surface area contributed by atoms with Crippen LogP contribution in [0.5, 0.6) is 0 Å². The molecule has 8 N–H and O–H groups in total. The predicted octanol–water partition coefficient (Wildman–Crippen LogP) is 0.707. The lowest BCUT2D eigenvalue weighted by molar-refractivity contribution is -0.315. The number of allylic oxidation sites excluding steroid dienone is 1. The molecule has 0 spiro atoms. The van der Waals surface area contributed by atoms with Crippen molar-refractivity contribution in [3.63, 3.8) is 0 Å². The highest BCUT2D eigenvalue weighted by molar-refractivity contribution is 5.95. The van der Waals surface area contributed by atoms with Gasteiger partial charge in [0.25, 0.3) is 0 Å². The third kappa shape index (κ3) is 5.42. The van der Waals surface area contributed by atoms with Crippen molar-refractivity contribution in [3.8, 4) is 0 Å². The molecule has 1 heterocycles. The van der Waals surface area contributed by atoms with Crippen molar-refractivity contribution in [1.29, 1.82) is 0 Å². The molecule has 0 bridgehead atoms. The molecular formula is C33H54O11. The van der Waals surface area contributed by atoms with Crippen LogP contribution in [0.1, 0.15) is 92.4 Å². The van der Waals surface area contributed by atoms with Gasteiger partial charge in [-0.3, -0.25) is 4.79 Å². The van der Waals surface area contributed by atoms with Crippen molar-refractivity contribution in [1.82, 2.24) is 0 Å². The van der Waals surface area contributed by atoms with Gasteiger partial charge in [0.15, 0.2) is 12.1 Å². The standard InChI is InChI=1S/C33H54O11/c1-29(2,40)10-9-24(36)32(5,41)23-8-13-33(42)19-15-21(35)20-14-17(6-11-30(20,3)18(19)7-12-31(23,33)4)43-28-27(39)26(38)25(37)22(16-34)44-28/h15,17-18,20,22-28,34,36-42H,6-14,16H2,1-5H3. The Labute approximate surface area is 259 Å². The Bertz CT molecular complexity index is 1120. The van der Waals surface area contributed by atoms with Crippen molar-refractivity contribution in [3.05, 3.63) is 11.6 Å². The summed E-state index contributed by atoms with van der Waals surface area (Å²) in [4.78, 5) is 13.8. The molecule has 4 aliphatic carbocycles. The van der Waals surface area contributed by atoms with Crippen molar-refractivity contribution in [2.45, 2.75) is 152 Å². The number of hydrogen-bond acceptors (Lipinski definition) is 11. The molecule has 0 aromatic rings. The summed E-state index contributed by atoms with van der Waals surface area (Å²) < 4.78 is 11.6. The maximum atomic E-state index is 13.8. The van der Waals surface area contributed by atoms with Crippen LogP contribution in [0.4, 0.5) is 0 Å². The van der Waals surface area contributed by atoms with Crippen LogP contribution in [-0.4, -0.2) is 113 Å². The highest BCUT2D eigenvalue weighted by atomic mass is 16.7. The van der Waals surface area contributed by atoms with Crippen molar-refractivity contribution in [2.75, 3.05) is 6.61 Å². The lowest BCUT2D eigenvalue weighted by atomic mass is 9.46. The molecule has 0 aromatic heterocycles. The summed E-state index contributed by atoms with van der Waals surface area (Å²) in [5, 5.41) is 85.7. The molecule has 5 aliphatic rings. The van der Waals surface area contributed by atoms with E-state index >= 15 is 0 Å². The van der Waals surface area contributed by atoms with E-state index < -0.39 is 89.0 Å². The Balaban J connectivity index is 1.35. The van der Waals surface area contributed by atoms with Crippen LogP contribution in [0, 0.1) is 28.6 Å². The van der Waals surface area contributed by atoms with Gasteiger partial charge in [0.2, 0.25) is 0 Å². The van der Waals surface area contributed by atoms with Crippen molar-refractivity contribution >= 4 is 5.78 Å². The number of fused-ring (bicyclic) bond motifs is 5. The quantitative estimate of drug-likeness (QED) is 0.189. The third-order valence-corrected chi connectivity index (χ3v) is 12.6. The first kappa shape index (κ1) is 34.3. The van der Waals surface area contributed by atoms with E-state index in [9.17, 15) is 45.6 Å². The van der Waals surface area contributed by atoms with E-state index in [0.29, 0.717) is 44.9 Å². The van der Waals surface area contributed by atoms with Crippen LogP contribution >= 0.6 is 0 Å². The second kappa shape index (κ2) is 11.6. The number of hydrogen-bond donors (Lipinski definition) is 8. The maximum absolute atomic E-state index is 13.8. The number of rotatable bonds is 8. The summed E-state index contributed by atoms with van der Waals surface area (Å²) in [7, 11) is 0. The zero-order valence-corrected chi connectivity index (χ0v) is 26.7. The number of carbonyl (C=O) groups excluding carboxylic acids is 1. The lowest BCUT2D eigenvalue weighted by Crippen LogP contribution is -2.62. The first-order valence-corrected chi connectivity index (χ1v) is 16.4. The largest absolute Gasteiger partial charge is 0.394 e. The topological polar surface area (TPSA) is 197 Å². The second-order valence-electron chi connectivity index (χ2n) is 15.8. The van der Waals surface area contributed by atoms with Gasteiger partial charge < -0.3 is 50.3 Å². The molecule has 11 heteroatoms. The van der Waals surface area contributed by atoms with E-state index in [4.69, 9.17) is 9.47 Å². The van der Waals surface area contributed by atoms with Crippen LogP contribution in [0.2, 0.25) is 0 Å². The molecule has 0 amide bonds. The lowest BCUT2D eigenvalue weighted by Gasteiger charge is -2.60. The fourth-order valence-electron chi connectivity index (χ4n) is 9.75. The zero-order chi connectivity index (χ0) is 32.6. The van der Waals surface area contributed by atoms with Gasteiger partial charge in [0.05, 0.1) is 35.6 Å². The Morgan fingerprint density at radius 3 is 2.32 bits per heavy atom. The number of ketones is 1. The van der Waals surface area contributed by atoms with Crippen molar-refractivity contribution < 1.29 is 55.1 Å².